The number of hydrogen-bond acceptors (Lipinski definition) is 7. The van der Waals surface area contributed by atoms with E-state index in [9.17, 15) is 9.59 Å². The monoisotopic (exact) mass is 452 g/mol. The van der Waals surface area contributed by atoms with Crippen molar-refractivity contribution in [3.05, 3.63) is 68.9 Å². The number of nitrogens with zero attached hydrogens (tertiary/aromatic N) is 4. The van der Waals surface area contributed by atoms with Crippen molar-refractivity contribution in [2.45, 2.75) is 26.3 Å². The van der Waals surface area contributed by atoms with Gasteiger partial charge < -0.3 is 9.32 Å². The third-order valence-corrected chi connectivity index (χ3v) is 6.81. The number of pyridine rings is 1. The highest BCUT2D eigenvalue weighted by atomic mass is 32.2. The third-order valence-electron chi connectivity index (χ3n) is 5.43. The molecule has 0 unspecified atom stereocenters. The first-order valence-corrected chi connectivity index (χ1v) is 11.3. The van der Waals surface area contributed by atoms with Crippen molar-refractivity contribution in [1.82, 2.24) is 14.3 Å². The number of anilines is 1. The van der Waals surface area contributed by atoms with Gasteiger partial charge in [-0.15, -0.1) is 0 Å². The van der Waals surface area contributed by atoms with Crippen LogP contribution in [-0.2, 0) is 11.3 Å². The normalized spacial score (nSPS) is 18.2. The van der Waals surface area contributed by atoms with Gasteiger partial charge in [0.05, 0.1) is 23.3 Å². The molecule has 2 fully saturated rings. The fourth-order valence-electron chi connectivity index (χ4n) is 3.87. The van der Waals surface area contributed by atoms with Gasteiger partial charge in [0.15, 0.2) is 0 Å². The Morgan fingerprint density at radius 2 is 2.03 bits per heavy atom. The lowest BCUT2D eigenvalue weighted by atomic mass is 10.2. The SMILES string of the molecule is Cc1ccc2nc(N3CCCC3)c(C=C3SC(=S)N(Cc4ccco4)C3=O)c(=O)n2c1. The van der Waals surface area contributed by atoms with E-state index in [-0.39, 0.29) is 18.0 Å². The van der Waals surface area contributed by atoms with Gasteiger partial charge >= 0.3 is 0 Å². The van der Waals surface area contributed by atoms with Gasteiger partial charge in [-0.2, -0.15) is 0 Å². The Morgan fingerprint density at radius 3 is 2.77 bits per heavy atom. The number of fused-ring (bicyclic) bond motifs is 1. The Bertz CT molecular complexity index is 1270. The second kappa shape index (κ2) is 7.97. The summed E-state index contributed by atoms with van der Waals surface area (Å²) in [6.07, 6.45) is 7.10. The lowest BCUT2D eigenvalue weighted by Crippen LogP contribution is -2.28. The summed E-state index contributed by atoms with van der Waals surface area (Å²) in [4.78, 5) is 35.3. The van der Waals surface area contributed by atoms with Crippen LogP contribution in [0.25, 0.3) is 11.7 Å². The van der Waals surface area contributed by atoms with Crippen molar-refractivity contribution in [3.63, 3.8) is 0 Å². The molecule has 3 aromatic heterocycles. The molecule has 2 aliphatic heterocycles. The number of hydrogen-bond donors (Lipinski definition) is 0. The fourth-order valence-corrected chi connectivity index (χ4v) is 5.11. The van der Waals surface area contributed by atoms with Crippen molar-refractivity contribution < 1.29 is 9.21 Å². The van der Waals surface area contributed by atoms with Crippen molar-refractivity contribution >= 4 is 51.7 Å². The topological polar surface area (TPSA) is 71.1 Å². The molecule has 0 saturated carbocycles. The van der Waals surface area contributed by atoms with E-state index >= 15 is 0 Å². The molecule has 5 heterocycles. The lowest BCUT2D eigenvalue weighted by Gasteiger charge is -2.19. The summed E-state index contributed by atoms with van der Waals surface area (Å²) in [6, 6.07) is 7.36. The van der Waals surface area contributed by atoms with E-state index in [0.717, 1.165) is 31.5 Å². The maximum absolute atomic E-state index is 13.4. The maximum Gasteiger partial charge on any atom is 0.267 e. The molecule has 0 atom stereocenters. The molecule has 1 amide bonds. The predicted molar refractivity (Wildman–Crippen MR) is 125 cm³/mol. The number of aryl methyl sites for hydroxylation is 1. The number of amides is 1. The molecule has 2 saturated heterocycles. The molecule has 2 aliphatic rings. The molecule has 3 aromatic rings. The van der Waals surface area contributed by atoms with Gasteiger partial charge in [0.2, 0.25) is 0 Å². The smallest absolute Gasteiger partial charge is 0.267 e. The molecule has 31 heavy (non-hydrogen) atoms. The first kappa shape index (κ1) is 20.0. The van der Waals surface area contributed by atoms with Gasteiger partial charge in [-0.3, -0.25) is 18.9 Å². The molecule has 158 valence electrons. The number of carbonyl (C=O) groups excluding carboxylic acids is 1. The van der Waals surface area contributed by atoms with Crippen molar-refractivity contribution in [1.29, 1.82) is 0 Å². The zero-order valence-corrected chi connectivity index (χ0v) is 18.5. The summed E-state index contributed by atoms with van der Waals surface area (Å²) in [5.41, 5.74) is 1.79. The summed E-state index contributed by atoms with van der Waals surface area (Å²) in [5.74, 6) is 1.05. The van der Waals surface area contributed by atoms with Crippen molar-refractivity contribution in [2.75, 3.05) is 18.0 Å². The van der Waals surface area contributed by atoms with E-state index in [1.807, 2.05) is 19.1 Å². The minimum absolute atomic E-state index is 0.188. The fraction of sp³-hybridized carbons (Fsp3) is 0.273. The van der Waals surface area contributed by atoms with Crippen LogP contribution in [0.1, 0.15) is 29.7 Å². The highest BCUT2D eigenvalue weighted by Crippen LogP contribution is 2.35. The molecule has 7 nitrogen and oxygen atoms in total. The van der Waals surface area contributed by atoms with Crippen LogP contribution in [0, 0.1) is 6.92 Å². The second-order valence-electron chi connectivity index (χ2n) is 7.63. The molecule has 0 aliphatic carbocycles. The van der Waals surface area contributed by atoms with Crippen LogP contribution in [0.2, 0.25) is 0 Å². The average Bonchev–Trinajstić information content (AvgIpc) is 3.51. The second-order valence-corrected chi connectivity index (χ2v) is 9.31. The van der Waals surface area contributed by atoms with Crippen LogP contribution in [-0.4, -0.2) is 37.6 Å². The first-order valence-electron chi connectivity index (χ1n) is 10.1. The minimum atomic E-state index is -0.229. The molecular formula is C22H20N4O3S2. The van der Waals surface area contributed by atoms with Gasteiger partial charge in [-0.05, 0) is 49.6 Å². The van der Waals surface area contributed by atoms with Crippen LogP contribution in [0.15, 0.2) is 50.8 Å². The molecule has 9 heteroatoms. The molecule has 0 N–H and O–H groups in total. The molecule has 0 bridgehead atoms. The van der Waals surface area contributed by atoms with Crippen molar-refractivity contribution in [2.24, 2.45) is 0 Å². The quantitative estimate of drug-likeness (QED) is 0.442. The Kier molecular flexibility index (Phi) is 5.15. The maximum atomic E-state index is 13.4. The summed E-state index contributed by atoms with van der Waals surface area (Å²) in [5, 5.41) is 0. The van der Waals surface area contributed by atoms with Gasteiger partial charge in [-0.25, -0.2) is 4.98 Å². The highest BCUT2D eigenvalue weighted by molar-refractivity contribution is 8.26. The van der Waals surface area contributed by atoms with Crippen LogP contribution >= 0.6 is 24.0 Å². The van der Waals surface area contributed by atoms with E-state index < -0.39 is 0 Å². The number of furan rings is 1. The van der Waals surface area contributed by atoms with Crippen LogP contribution in [0.5, 0.6) is 0 Å². The molecular weight excluding hydrogens is 432 g/mol. The minimum Gasteiger partial charge on any atom is -0.467 e. The Morgan fingerprint density at radius 1 is 1.23 bits per heavy atom. The third kappa shape index (κ3) is 3.68. The van der Waals surface area contributed by atoms with E-state index in [0.29, 0.717) is 32.0 Å². The van der Waals surface area contributed by atoms with E-state index in [1.54, 1.807) is 35.1 Å². The summed E-state index contributed by atoms with van der Waals surface area (Å²) < 4.78 is 7.35. The highest BCUT2D eigenvalue weighted by Gasteiger charge is 2.33. The van der Waals surface area contributed by atoms with Crippen molar-refractivity contribution in [3.8, 4) is 0 Å². The van der Waals surface area contributed by atoms with E-state index in [4.69, 9.17) is 21.6 Å². The van der Waals surface area contributed by atoms with Gasteiger partial charge in [0.1, 0.15) is 21.5 Å². The zero-order valence-electron chi connectivity index (χ0n) is 16.9. The first-order chi connectivity index (χ1) is 15.0. The number of thiocarbonyl (C=S) groups is 1. The van der Waals surface area contributed by atoms with Crippen LogP contribution < -0.4 is 10.5 Å². The van der Waals surface area contributed by atoms with Gasteiger partial charge in [0, 0.05) is 19.3 Å². The predicted octanol–water partition coefficient (Wildman–Crippen LogP) is 3.60. The Hall–Kier alpha value is -2.91. The largest absolute Gasteiger partial charge is 0.467 e. The Balaban J connectivity index is 1.60. The van der Waals surface area contributed by atoms with E-state index in [2.05, 4.69) is 4.90 Å². The molecule has 5 rings (SSSR count). The van der Waals surface area contributed by atoms with Crippen LogP contribution in [0.3, 0.4) is 0 Å². The lowest BCUT2D eigenvalue weighted by molar-refractivity contribution is -0.122. The number of carbonyl (C=O) groups is 1. The number of rotatable bonds is 4. The Labute approximate surface area is 188 Å². The molecule has 0 radical (unpaired) electrons. The molecule has 0 aromatic carbocycles. The molecule has 0 spiro atoms. The summed E-state index contributed by atoms with van der Waals surface area (Å²) in [7, 11) is 0. The van der Waals surface area contributed by atoms with Gasteiger partial charge in [0.25, 0.3) is 11.5 Å². The van der Waals surface area contributed by atoms with Crippen LogP contribution in [0.4, 0.5) is 5.82 Å². The average molecular weight is 453 g/mol. The summed E-state index contributed by atoms with van der Waals surface area (Å²) >= 11 is 6.63. The number of thioether (sulfide) groups is 1. The van der Waals surface area contributed by atoms with E-state index in [1.165, 1.54) is 16.7 Å². The zero-order chi connectivity index (χ0) is 21.5. The standard InChI is InChI=1S/C22H20N4O3S2/c1-14-6-7-18-23-19(24-8-2-3-9-24)16(20(27)25(18)12-14)11-17-21(28)26(22(30)31-17)13-15-5-4-10-29-15/h4-7,10-12H,2-3,8-9,13H2,1H3. The van der Waals surface area contributed by atoms with Gasteiger partial charge in [-0.1, -0.05) is 30.0 Å². The number of aromatic nitrogens is 2. The summed E-state index contributed by atoms with van der Waals surface area (Å²) in [6.45, 7) is 3.88.